The molecule has 0 saturated carbocycles. The largest absolute Gasteiger partial charge is 0.507 e. The number of hydrogen-bond acceptors (Lipinski definition) is 5. The van der Waals surface area contributed by atoms with Crippen LogP contribution < -0.4 is 0 Å². The standard InChI is InChI=1S/C3H6O3.C2H4O2.4CH4/c1-5-3(4)6-2;1-4-2-3;;;;/h1-2H3;2H,1H3;4*1H4. The predicted octanol–water partition coefficient (Wildman–Crippen LogP) is 2.73. The first-order chi connectivity index (χ1) is 4.72. The molecule has 5 heteroatoms. The lowest BCUT2D eigenvalue weighted by Crippen LogP contribution is -1.97. The first-order valence-electron chi connectivity index (χ1n) is 2.31. The van der Waals surface area contributed by atoms with E-state index in [1.807, 2.05) is 0 Å². The molecule has 0 aliphatic heterocycles. The number of methoxy groups -OCH3 is 3. The molecular formula is C9H26O5. The molecule has 5 nitrogen and oxygen atoms in total. The smallest absolute Gasteiger partial charge is 0.471 e. The second-order valence-electron chi connectivity index (χ2n) is 0.990. The van der Waals surface area contributed by atoms with Crippen LogP contribution in [0.2, 0.25) is 0 Å². The summed E-state index contributed by atoms with van der Waals surface area (Å²) in [5.74, 6) is 0. The Bertz CT molecular complexity index is 87.2. The minimum Gasteiger partial charge on any atom is -0.471 e. The van der Waals surface area contributed by atoms with E-state index >= 15 is 0 Å². The van der Waals surface area contributed by atoms with Gasteiger partial charge >= 0.3 is 6.16 Å². The van der Waals surface area contributed by atoms with Gasteiger partial charge in [-0.1, -0.05) is 29.7 Å². The predicted molar refractivity (Wildman–Crippen MR) is 59.4 cm³/mol. The van der Waals surface area contributed by atoms with Gasteiger partial charge in [-0.05, 0) is 0 Å². The summed E-state index contributed by atoms with van der Waals surface area (Å²) >= 11 is 0. The first-order valence-corrected chi connectivity index (χ1v) is 2.31. The molecular weight excluding hydrogens is 188 g/mol. The topological polar surface area (TPSA) is 61.8 Å². The Morgan fingerprint density at radius 1 is 0.929 bits per heavy atom. The molecule has 0 aliphatic rings. The highest BCUT2D eigenvalue weighted by Gasteiger charge is 1.88. The van der Waals surface area contributed by atoms with E-state index < -0.39 is 6.16 Å². The van der Waals surface area contributed by atoms with E-state index in [-0.39, 0.29) is 29.7 Å². The molecule has 0 fully saturated rings. The summed E-state index contributed by atoms with van der Waals surface area (Å²) in [5.41, 5.74) is 0. The second-order valence-corrected chi connectivity index (χ2v) is 0.990. The molecule has 0 radical (unpaired) electrons. The fraction of sp³-hybridized carbons (Fsp3) is 0.778. The average Bonchev–Trinajstić information content (AvgIpc) is 2.03. The number of ether oxygens (including phenoxy) is 3. The Morgan fingerprint density at radius 2 is 1.14 bits per heavy atom. The van der Waals surface area contributed by atoms with E-state index in [2.05, 4.69) is 14.2 Å². The summed E-state index contributed by atoms with van der Waals surface area (Å²) in [4.78, 5) is 18.7. The minimum absolute atomic E-state index is 0. The summed E-state index contributed by atoms with van der Waals surface area (Å²) in [5, 5.41) is 0. The Kier molecular flexibility index (Phi) is 113. The monoisotopic (exact) mass is 214 g/mol. The summed E-state index contributed by atoms with van der Waals surface area (Å²) in [6.45, 7) is 0.375. The lowest BCUT2D eigenvalue weighted by atomic mass is 11.3. The Balaban J connectivity index is -0.0000000185. The lowest BCUT2D eigenvalue weighted by Gasteiger charge is -1.89. The number of rotatable bonds is 1. The van der Waals surface area contributed by atoms with Gasteiger partial charge in [0.15, 0.2) is 0 Å². The first kappa shape index (κ1) is 38.7. The summed E-state index contributed by atoms with van der Waals surface area (Å²) in [6.07, 6.45) is -0.657. The molecule has 92 valence electrons. The maximum atomic E-state index is 9.74. The highest BCUT2D eigenvalue weighted by atomic mass is 16.7. The fourth-order valence-electron chi connectivity index (χ4n) is 0.0833. The molecule has 0 bridgehead atoms. The molecule has 0 amide bonds. The van der Waals surface area contributed by atoms with Crippen LogP contribution in [0, 0.1) is 0 Å². The van der Waals surface area contributed by atoms with E-state index in [0.717, 1.165) is 0 Å². The van der Waals surface area contributed by atoms with Crippen molar-refractivity contribution in [3.63, 3.8) is 0 Å². The van der Waals surface area contributed by atoms with Gasteiger partial charge in [-0.2, -0.15) is 0 Å². The molecule has 0 aliphatic carbocycles. The third-order valence-corrected chi connectivity index (χ3v) is 0.430. The normalized spacial score (nSPS) is 4.50. The summed E-state index contributed by atoms with van der Waals surface area (Å²) < 4.78 is 11.9. The molecule has 0 unspecified atom stereocenters. The third-order valence-electron chi connectivity index (χ3n) is 0.430. The number of carbonyl (C=O) groups is 2. The van der Waals surface area contributed by atoms with Crippen molar-refractivity contribution in [2.75, 3.05) is 21.3 Å². The molecule has 0 atom stereocenters. The zero-order chi connectivity index (χ0) is 8.41. The molecule has 0 N–H and O–H groups in total. The molecule has 0 aromatic carbocycles. The molecule has 0 heterocycles. The van der Waals surface area contributed by atoms with Crippen molar-refractivity contribution in [2.24, 2.45) is 0 Å². The fourth-order valence-corrected chi connectivity index (χ4v) is 0.0833. The highest BCUT2D eigenvalue weighted by molar-refractivity contribution is 5.59. The maximum Gasteiger partial charge on any atom is 0.507 e. The van der Waals surface area contributed by atoms with Gasteiger partial charge in [0.2, 0.25) is 0 Å². The van der Waals surface area contributed by atoms with Gasteiger partial charge in [0.1, 0.15) is 0 Å². The van der Waals surface area contributed by atoms with Crippen molar-refractivity contribution in [2.45, 2.75) is 29.7 Å². The summed E-state index contributed by atoms with van der Waals surface area (Å²) in [6, 6.07) is 0. The van der Waals surface area contributed by atoms with Gasteiger partial charge in [-0.25, -0.2) is 4.79 Å². The average molecular weight is 214 g/mol. The SMILES string of the molecule is C.C.C.C.COC(=O)OC.COC=O. The van der Waals surface area contributed by atoms with E-state index in [4.69, 9.17) is 4.79 Å². The molecule has 0 aromatic rings. The number of carbonyl (C=O) groups excluding carboxylic acids is 2. The van der Waals surface area contributed by atoms with Gasteiger partial charge in [0.05, 0.1) is 21.3 Å². The van der Waals surface area contributed by atoms with Gasteiger partial charge < -0.3 is 14.2 Å². The van der Waals surface area contributed by atoms with Crippen LogP contribution in [0.5, 0.6) is 0 Å². The van der Waals surface area contributed by atoms with Crippen molar-refractivity contribution in [3.8, 4) is 0 Å². The van der Waals surface area contributed by atoms with Gasteiger partial charge in [0, 0.05) is 0 Å². The van der Waals surface area contributed by atoms with E-state index in [9.17, 15) is 4.79 Å². The lowest BCUT2D eigenvalue weighted by molar-refractivity contribution is -0.126. The molecule has 14 heavy (non-hydrogen) atoms. The van der Waals surface area contributed by atoms with E-state index in [1.165, 1.54) is 21.3 Å². The van der Waals surface area contributed by atoms with Crippen LogP contribution in [0.3, 0.4) is 0 Å². The maximum absolute atomic E-state index is 9.74. The van der Waals surface area contributed by atoms with Crippen molar-refractivity contribution >= 4 is 12.6 Å². The minimum atomic E-state index is -0.657. The van der Waals surface area contributed by atoms with Crippen molar-refractivity contribution in [1.29, 1.82) is 0 Å². The summed E-state index contributed by atoms with van der Waals surface area (Å²) in [7, 11) is 3.82. The zero-order valence-electron chi connectivity index (χ0n) is 6.12. The Morgan fingerprint density at radius 3 is 1.14 bits per heavy atom. The Hall–Kier alpha value is -1.26. The van der Waals surface area contributed by atoms with Crippen LogP contribution in [-0.2, 0) is 19.0 Å². The third kappa shape index (κ3) is 72.8. The van der Waals surface area contributed by atoms with Gasteiger partial charge in [0.25, 0.3) is 6.47 Å². The molecule has 0 saturated heterocycles. The van der Waals surface area contributed by atoms with Gasteiger partial charge in [-0.15, -0.1) is 0 Å². The van der Waals surface area contributed by atoms with Crippen LogP contribution in [-0.4, -0.2) is 34.0 Å². The van der Waals surface area contributed by atoms with Crippen LogP contribution in [0.15, 0.2) is 0 Å². The van der Waals surface area contributed by atoms with Crippen molar-refractivity contribution in [3.05, 3.63) is 0 Å². The number of hydrogen-bond donors (Lipinski definition) is 0. The van der Waals surface area contributed by atoms with E-state index in [1.54, 1.807) is 0 Å². The molecule has 0 spiro atoms. The molecule has 0 rings (SSSR count). The highest BCUT2D eigenvalue weighted by Crippen LogP contribution is 1.72. The van der Waals surface area contributed by atoms with Crippen LogP contribution in [0.4, 0.5) is 4.79 Å². The van der Waals surface area contributed by atoms with Crippen molar-refractivity contribution < 1.29 is 23.8 Å². The Labute approximate surface area is 88.4 Å². The molecule has 0 aromatic heterocycles. The van der Waals surface area contributed by atoms with Crippen molar-refractivity contribution in [1.82, 2.24) is 0 Å². The van der Waals surface area contributed by atoms with Crippen LogP contribution in [0.1, 0.15) is 29.7 Å². The van der Waals surface area contributed by atoms with Crippen LogP contribution in [0.25, 0.3) is 0 Å². The van der Waals surface area contributed by atoms with Crippen LogP contribution >= 0.6 is 0 Å². The quantitative estimate of drug-likeness (QED) is 0.496. The zero-order valence-corrected chi connectivity index (χ0v) is 6.12. The van der Waals surface area contributed by atoms with E-state index in [0.29, 0.717) is 6.47 Å². The van der Waals surface area contributed by atoms with Gasteiger partial charge in [-0.3, -0.25) is 4.79 Å². The second kappa shape index (κ2) is 41.1.